The second kappa shape index (κ2) is 15.2. The molecule has 1 aromatic heterocycles. The van der Waals surface area contributed by atoms with E-state index < -0.39 is 11.7 Å². The SMILES string of the molecule is CC(C)CN(C[C@H]1C[C@@H](C(=O)N2CCOCC2)CN(C(=O)OC(C)(C)C)C1)C(=O)c1nc2ccccc2n1CCCCCO. The van der Waals surface area contributed by atoms with Crippen molar-refractivity contribution in [3.05, 3.63) is 30.1 Å². The quantitative estimate of drug-likeness (QED) is 0.381. The summed E-state index contributed by atoms with van der Waals surface area (Å²) in [5.74, 6) is -0.0162. The lowest BCUT2D eigenvalue weighted by Gasteiger charge is -2.41. The summed E-state index contributed by atoms with van der Waals surface area (Å²) in [6.45, 7) is 14.2. The largest absolute Gasteiger partial charge is 0.444 e. The van der Waals surface area contributed by atoms with Crippen LogP contribution in [-0.2, 0) is 20.8 Å². The number of aryl methyl sites for hydroxylation is 1. The molecule has 2 aliphatic rings. The number of morpholine rings is 1. The number of carbonyl (C=O) groups is 3. The number of nitrogens with zero attached hydrogens (tertiary/aromatic N) is 5. The van der Waals surface area contributed by atoms with Crippen molar-refractivity contribution in [1.29, 1.82) is 0 Å². The van der Waals surface area contributed by atoms with Gasteiger partial charge >= 0.3 is 6.09 Å². The summed E-state index contributed by atoms with van der Waals surface area (Å²) in [4.78, 5) is 51.3. The first-order chi connectivity index (χ1) is 21.0. The highest BCUT2D eigenvalue weighted by atomic mass is 16.6. The van der Waals surface area contributed by atoms with E-state index in [2.05, 4.69) is 13.8 Å². The Bertz CT molecular complexity index is 1270. The zero-order chi connectivity index (χ0) is 31.9. The van der Waals surface area contributed by atoms with E-state index in [9.17, 15) is 19.5 Å². The Hall–Kier alpha value is -3.18. The Labute approximate surface area is 261 Å². The number of hydrogen-bond acceptors (Lipinski definition) is 7. The normalized spacial score (nSPS) is 19.4. The predicted molar refractivity (Wildman–Crippen MR) is 168 cm³/mol. The average Bonchev–Trinajstić information content (AvgIpc) is 3.36. The van der Waals surface area contributed by atoms with E-state index in [0.717, 1.165) is 30.3 Å². The maximum Gasteiger partial charge on any atom is 0.410 e. The highest BCUT2D eigenvalue weighted by Crippen LogP contribution is 2.28. The summed E-state index contributed by atoms with van der Waals surface area (Å²) in [5.41, 5.74) is 1.02. The number of piperidine rings is 1. The fourth-order valence-electron chi connectivity index (χ4n) is 6.19. The summed E-state index contributed by atoms with van der Waals surface area (Å²) >= 11 is 0. The number of likely N-dealkylation sites (tertiary alicyclic amines) is 1. The number of aliphatic hydroxyl groups is 1. The van der Waals surface area contributed by atoms with Gasteiger partial charge in [0.2, 0.25) is 5.91 Å². The van der Waals surface area contributed by atoms with Gasteiger partial charge in [-0.1, -0.05) is 26.0 Å². The number of amides is 3. The summed E-state index contributed by atoms with van der Waals surface area (Å²) < 4.78 is 13.2. The third-order valence-electron chi connectivity index (χ3n) is 8.10. The third-order valence-corrected chi connectivity index (χ3v) is 8.10. The number of unbranched alkanes of at least 4 members (excludes halogenated alkanes) is 2. The first-order valence-electron chi connectivity index (χ1n) is 16.2. The van der Waals surface area contributed by atoms with Crippen LogP contribution in [0.15, 0.2) is 24.3 Å². The second-order valence-electron chi connectivity index (χ2n) is 13.6. The van der Waals surface area contributed by atoms with Crippen molar-refractivity contribution < 1.29 is 29.0 Å². The molecule has 3 amide bonds. The summed E-state index contributed by atoms with van der Waals surface area (Å²) in [5, 5.41) is 9.24. The molecule has 2 aliphatic heterocycles. The number of carbonyl (C=O) groups excluding carboxylic acids is 3. The maximum absolute atomic E-state index is 14.3. The molecule has 2 fully saturated rings. The molecule has 4 rings (SSSR count). The van der Waals surface area contributed by atoms with E-state index in [1.54, 1.807) is 4.90 Å². The van der Waals surface area contributed by atoms with Gasteiger partial charge in [0.1, 0.15) is 5.60 Å². The molecule has 2 saturated heterocycles. The number of aliphatic hydroxyl groups excluding tert-OH is 1. The monoisotopic (exact) mass is 613 g/mol. The summed E-state index contributed by atoms with van der Waals surface area (Å²) in [6, 6.07) is 7.78. The van der Waals surface area contributed by atoms with Crippen LogP contribution < -0.4 is 0 Å². The smallest absolute Gasteiger partial charge is 0.410 e. The molecule has 0 unspecified atom stereocenters. The van der Waals surface area contributed by atoms with Crippen molar-refractivity contribution in [2.45, 2.75) is 72.4 Å². The van der Waals surface area contributed by atoms with E-state index in [-0.39, 0.29) is 36.2 Å². The van der Waals surface area contributed by atoms with Gasteiger partial charge < -0.3 is 33.8 Å². The Morgan fingerprint density at radius 3 is 2.48 bits per heavy atom. The minimum Gasteiger partial charge on any atom is -0.444 e. The standard InChI is InChI=1S/C33H51N5O6/c1-24(2)20-36(31(41)29-34-27-11-7-8-12-28(27)38(29)13-9-6-10-16-39)21-25-19-26(30(40)35-14-17-43-18-15-35)23-37(22-25)32(42)44-33(3,4)5/h7-8,11-12,24-26,39H,6,9-10,13-23H2,1-5H3/t25-,26-/m1/s1. The number of hydrogen-bond donors (Lipinski definition) is 1. The predicted octanol–water partition coefficient (Wildman–Crippen LogP) is 4.03. The van der Waals surface area contributed by atoms with Crippen LogP contribution >= 0.6 is 0 Å². The highest BCUT2D eigenvalue weighted by molar-refractivity contribution is 5.95. The van der Waals surface area contributed by atoms with Crippen LogP contribution in [0.5, 0.6) is 0 Å². The maximum atomic E-state index is 14.3. The van der Waals surface area contributed by atoms with E-state index >= 15 is 0 Å². The first-order valence-corrected chi connectivity index (χ1v) is 16.2. The van der Waals surface area contributed by atoms with E-state index in [0.29, 0.717) is 71.3 Å². The second-order valence-corrected chi connectivity index (χ2v) is 13.6. The molecule has 244 valence electrons. The van der Waals surface area contributed by atoms with Gasteiger partial charge in [0.15, 0.2) is 5.82 Å². The van der Waals surface area contributed by atoms with Gasteiger partial charge in [-0.2, -0.15) is 0 Å². The number of benzene rings is 1. The minimum atomic E-state index is -0.663. The van der Waals surface area contributed by atoms with Gasteiger partial charge in [0, 0.05) is 52.4 Å². The Kier molecular flexibility index (Phi) is 11.6. The molecule has 0 bridgehead atoms. The number of aromatic nitrogens is 2. The topological polar surface area (TPSA) is 117 Å². The molecule has 0 aliphatic carbocycles. The molecule has 11 nitrogen and oxygen atoms in total. The van der Waals surface area contributed by atoms with E-state index in [1.807, 2.05) is 59.4 Å². The molecule has 0 radical (unpaired) electrons. The number of rotatable bonds is 11. The van der Waals surface area contributed by atoms with Gasteiger partial charge in [-0.15, -0.1) is 0 Å². The Morgan fingerprint density at radius 1 is 1.07 bits per heavy atom. The van der Waals surface area contributed by atoms with Crippen LogP contribution in [0.1, 0.15) is 70.9 Å². The Balaban J connectivity index is 1.60. The average molecular weight is 614 g/mol. The van der Waals surface area contributed by atoms with Crippen LogP contribution in [0.2, 0.25) is 0 Å². The molecule has 44 heavy (non-hydrogen) atoms. The van der Waals surface area contributed by atoms with Gasteiger partial charge in [-0.3, -0.25) is 9.59 Å². The van der Waals surface area contributed by atoms with E-state index in [1.165, 1.54) is 0 Å². The lowest BCUT2D eigenvalue weighted by atomic mass is 9.87. The van der Waals surface area contributed by atoms with Crippen molar-refractivity contribution in [2.75, 3.05) is 59.1 Å². The molecule has 2 aromatic rings. The number of imidazole rings is 1. The zero-order valence-electron chi connectivity index (χ0n) is 27.2. The van der Waals surface area contributed by atoms with Crippen molar-refractivity contribution in [2.24, 2.45) is 17.8 Å². The van der Waals surface area contributed by atoms with Crippen LogP contribution in [0, 0.1) is 17.8 Å². The minimum absolute atomic E-state index is 0.0259. The van der Waals surface area contributed by atoms with Crippen molar-refractivity contribution in [3.8, 4) is 0 Å². The summed E-state index contributed by atoms with van der Waals surface area (Å²) in [7, 11) is 0. The van der Waals surface area contributed by atoms with Crippen LogP contribution in [0.4, 0.5) is 4.79 Å². The van der Waals surface area contributed by atoms with Crippen molar-refractivity contribution in [1.82, 2.24) is 24.3 Å². The molecule has 3 heterocycles. The van der Waals surface area contributed by atoms with Crippen LogP contribution in [0.25, 0.3) is 11.0 Å². The molecule has 0 saturated carbocycles. The molecule has 1 N–H and O–H groups in total. The fraction of sp³-hybridized carbons (Fsp3) is 0.697. The zero-order valence-corrected chi connectivity index (χ0v) is 27.2. The molecule has 1 aromatic carbocycles. The number of para-hydroxylation sites is 2. The van der Waals surface area contributed by atoms with Crippen LogP contribution in [-0.4, -0.2) is 112 Å². The molecular formula is C33H51N5O6. The van der Waals surface area contributed by atoms with Crippen LogP contribution in [0.3, 0.4) is 0 Å². The molecule has 2 atom stereocenters. The van der Waals surface area contributed by atoms with Gasteiger partial charge in [0.25, 0.3) is 5.91 Å². The van der Waals surface area contributed by atoms with Gasteiger partial charge in [-0.05, 0) is 70.4 Å². The van der Waals surface area contributed by atoms with Crippen molar-refractivity contribution in [3.63, 3.8) is 0 Å². The lowest BCUT2D eigenvalue weighted by molar-refractivity contribution is -0.142. The van der Waals surface area contributed by atoms with Gasteiger partial charge in [-0.25, -0.2) is 9.78 Å². The fourth-order valence-corrected chi connectivity index (χ4v) is 6.19. The highest BCUT2D eigenvalue weighted by Gasteiger charge is 2.39. The van der Waals surface area contributed by atoms with Gasteiger partial charge in [0.05, 0.1) is 30.2 Å². The Morgan fingerprint density at radius 2 is 1.80 bits per heavy atom. The molecule has 11 heteroatoms. The first kappa shape index (κ1) is 33.7. The number of fused-ring (bicyclic) bond motifs is 1. The molecule has 0 spiro atoms. The van der Waals surface area contributed by atoms with E-state index in [4.69, 9.17) is 14.5 Å². The third kappa shape index (κ3) is 8.94. The lowest BCUT2D eigenvalue weighted by Crippen LogP contribution is -2.54. The summed E-state index contributed by atoms with van der Waals surface area (Å²) in [6.07, 6.45) is 2.54. The number of ether oxygens (including phenoxy) is 2. The molecular weight excluding hydrogens is 562 g/mol. The van der Waals surface area contributed by atoms with Crippen molar-refractivity contribution >= 4 is 28.9 Å².